The summed E-state index contributed by atoms with van der Waals surface area (Å²) < 4.78 is 5.03. The molecule has 0 fully saturated rings. The Hall–Kier alpha value is -1.78. The SMILES string of the molecule is CCOC(=O)c1cc(N)cnc1NC(C)CC(C)CC. The van der Waals surface area contributed by atoms with Gasteiger partial charge in [0.25, 0.3) is 0 Å². The second kappa shape index (κ2) is 7.72. The minimum absolute atomic E-state index is 0.231. The van der Waals surface area contributed by atoms with Crippen molar-refractivity contribution >= 4 is 17.5 Å². The number of carbonyl (C=O) groups is 1. The first-order valence-electron chi connectivity index (χ1n) is 7.17. The van der Waals surface area contributed by atoms with Crippen LogP contribution in [0.3, 0.4) is 0 Å². The van der Waals surface area contributed by atoms with Crippen LogP contribution in [0.2, 0.25) is 0 Å². The minimum atomic E-state index is -0.398. The number of pyridine rings is 1. The summed E-state index contributed by atoms with van der Waals surface area (Å²) in [7, 11) is 0. The smallest absolute Gasteiger partial charge is 0.341 e. The molecule has 0 bridgehead atoms. The molecule has 0 aliphatic heterocycles. The quantitative estimate of drug-likeness (QED) is 0.750. The molecule has 0 amide bonds. The van der Waals surface area contributed by atoms with Crippen molar-refractivity contribution in [2.45, 2.75) is 46.6 Å². The Labute approximate surface area is 120 Å². The number of esters is 1. The van der Waals surface area contributed by atoms with Crippen LogP contribution in [0, 0.1) is 5.92 Å². The summed E-state index contributed by atoms with van der Waals surface area (Å²) in [5.74, 6) is 0.760. The topological polar surface area (TPSA) is 77.2 Å². The lowest BCUT2D eigenvalue weighted by Crippen LogP contribution is -2.21. The average molecular weight is 279 g/mol. The lowest BCUT2D eigenvalue weighted by Gasteiger charge is -2.19. The van der Waals surface area contributed by atoms with Gasteiger partial charge < -0.3 is 15.8 Å². The van der Waals surface area contributed by atoms with Crippen LogP contribution >= 0.6 is 0 Å². The number of hydrogen-bond donors (Lipinski definition) is 2. The molecule has 5 nitrogen and oxygen atoms in total. The Bertz CT molecular complexity index is 449. The van der Waals surface area contributed by atoms with E-state index in [1.807, 2.05) is 0 Å². The van der Waals surface area contributed by atoms with Crippen molar-refractivity contribution in [3.05, 3.63) is 17.8 Å². The molecule has 2 unspecified atom stereocenters. The Kier molecular flexibility index (Phi) is 6.28. The maximum absolute atomic E-state index is 11.9. The van der Waals surface area contributed by atoms with Gasteiger partial charge in [-0.05, 0) is 32.3 Å². The third-order valence-corrected chi connectivity index (χ3v) is 3.24. The Morgan fingerprint density at radius 1 is 1.45 bits per heavy atom. The average Bonchev–Trinajstić information content (AvgIpc) is 2.40. The number of nitrogens with one attached hydrogen (secondary N) is 1. The molecule has 1 rings (SSSR count). The van der Waals surface area contributed by atoms with Gasteiger partial charge in [-0.2, -0.15) is 0 Å². The summed E-state index contributed by atoms with van der Waals surface area (Å²) in [6.45, 7) is 8.56. The van der Waals surface area contributed by atoms with Gasteiger partial charge in [-0.1, -0.05) is 20.3 Å². The standard InChI is InChI=1S/C15H25N3O2/c1-5-10(3)7-11(4)18-14-13(15(19)20-6-2)8-12(16)9-17-14/h8-11H,5-7,16H2,1-4H3,(H,17,18). The number of ether oxygens (including phenoxy) is 1. The highest BCUT2D eigenvalue weighted by Crippen LogP contribution is 2.20. The summed E-state index contributed by atoms with van der Waals surface area (Å²) in [5.41, 5.74) is 6.54. The molecule has 5 heteroatoms. The van der Waals surface area contributed by atoms with Gasteiger partial charge in [-0.15, -0.1) is 0 Å². The monoisotopic (exact) mass is 279 g/mol. The lowest BCUT2D eigenvalue weighted by molar-refractivity contribution is 0.0527. The zero-order valence-electron chi connectivity index (χ0n) is 12.8. The molecule has 0 saturated carbocycles. The third kappa shape index (κ3) is 4.72. The minimum Gasteiger partial charge on any atom is -0.462 e. The third-order valence-electron chi connectivity index (χ3n) is 3.24. The van der Waals surface area contributed by atoms with Crippen LogP contribution in [-0.2, 0) is 4.74 Å². The second-order valence-corrected chi connectivity index (χ2v) is 5.18. The predicted molar refractivity (Wildman–Crippen MR) is 81.8 cm³/mol. The highest BCUT2D eigenvalue weighted by molar-refractivity contribution is 5.95. The van der Waals surface area contributed by atoms with Crippen LogP contribution in [0.5, 0.6) is 0 Å². The Balaban J connectivity index is 2.85. The normalized spacial score (nSPS) is 13.6. The van der Waals surface area contributed by atoms with E-state index in [4.69, 9.17) is 10.5 Å². The molecule has 1 aromatic heterocycles. The van der Waals surface area contributed by atoms with Gasteiger partial charge in [0.2, 0.25) is 0 Å². The van der Waals surface area contributed by atoms with Crippen molar-refractivity contribution in [2.75, 3.05) is 17.7 Å². The van der Waals surface area contributed by atoms with E-state index in [0.29, 0.717) is 29.6 Å². The first kappa shape index (κ1) is 16.3. The van der Waals surface area contributed by atoms with Gasteiger partial charge in [0.05, 0.1) is 18.5 Å². The summed E-state index contributed by atoms with van der Waals surface area (Å²) in [5, 5.41) is 3.27. The number of rotatable bonds is 7. The van der Waals surface area contributed by atoms with Crippen LogP contribution in [-0.4, -0.2) is 23.6 Å². The molecule has 3 N–H and O–H groups in total. The highest BCUT2D eigenvalue weighted by Gasteiger charge is 2.16. The van der Waals surface area contributed by atoms with E-state index < -0.39 is 5.97 Å². The highest BCUT2D eigenvalue weighted by atomic mass is 16.5. The van der Waals surface area contributed by atoms with Crippen molar-refractivity contribution in [3.63, 3.8) is 0 Å². The maximum atomic E-state index is 11.9. The Morgan fingerprint density at radius 2 is 2.15 bits per heavy atom. The molecule has 20 heavy (non-hydrogen) atoms. The molecule has 1 aromatic rings. The van der Waals surface area contributed by atoms with Crippen molar-refractivity contribution in [1.29, 1.82) is 0 Å². The Morgan fingerprint density at radius 3 is 2.75 bits per heavy atom. The number of carbonyl (C=O) groups excluding carboxylic acids is 1. The van der Waals surface area contributed by atoms with Crippen LogP contribution in [0.4, 0.5) is 11.5 Å². The lowest BCUT2D eigenvalue weighted by atomic mass is 10.0. The van der Waals surface area contributed by atoms with Crippen LogP contribution in [0.25, 0.3) is 0 Å². The predicted octanol–water partition coefficient (Wildman–Crippen LogP) is 3.08. The van der Waals surface area contributed by atoms with Crippen molar-refractivity contribution in [1.82, 2.24) is 4.98 Å². The van der Waals surface area contributed by atoms with E-state index in [0.717, 1.165) is 12.8 Å². The first-order valence-corrected chi connectivity index (χ1v) is 7.17. The van der Waals surface area contributed by atoms with E-state index in [2.05, 4.69) is 31.1 Å². The number of nitrogens with two attached hydrogens (primary N) is 1. The molecule has 0 radical (unpaired) electrons. The molecular formula is C15H25N3O2. The number of aromatic nitrogens is 1. The fourth-order valence-corrected chi connectivity index (χ4v) is 2.02. The summed E-state index contributed by atoms with van der Waals surface area (Å²) in [6.07, 6.45) is 3.69. The molecule has 0 saturated heterocycles. The molecule has 112 valence electrons. The molecule has 0 aliphatic carbocycles. The zero-order chi connectivity index (χ0) is 15.1. The zero-order valence-corrected chi connectivity index (χ0v) is 12.8. The fraction of sp³-hybridized carbons (Fsp3) is 0.600. The van der Waals surface area contributed by atoms with E-state index in [1.165, 1.54) is 0 Å². The molecule has 2 atom stereocenters. The van der Waals surface area contributed by atoms with Gasteiger partial charge >= 0.3 is 5.97 Å². The van der Waals surface area contributed by atoms with Gasteiger partial charge in [0.15, 0.2) is 0 Å². The van der Waals surface area contributed by atoms with Gasteiger partial charge in [-0.3, -0.25) is 0 Å². The van der Waals surface area contributed by atoms with E-state index in [1.54, 1.807) is 19.2 Å². The van der Waals surface area contributed by atoms with Crippen LogP contribution in [0.15, 0.2) is 12.3 Å². The first-order chi connectivity index (χ1) is 9.47. The van der Waals surface area contributed by atoms with Crippen LogP contribution in [0.1, 0.15) is 50.9 Å². The summed E-state index contributed by atoms with van der Waals surface area (Å²) in [6, 6.07) is 1.83. The fourth-order valence-electron chi connectivity index (χ4n) is 2.02. The van der Waals surface area contributed by atoms with Crippen molar-refractivity contribution in [2.24, 2.45) is 5.92 Å². The number of anilines is 2. The summed E-state index contributed by atoms with van der Waals surface area (Å²) >= 11 is 0. The van der Waals surface area contributed by atoms with Crippen LogP contribution < -0.4 is 11.1 Å². The van der Waals surface area contributed by atoms with Crippen molar-refractivity contribution < 1.29 is 9.53 Å². The molecular weight excluding hydrogens is 254 g/mol. The van der Waals surface area contributed by atoms with Gasteiger partial charge in [0, 0.05) is 6.04 Å². The van der Waals surface area contributed by atoms with Gasteiger partial charge in [-0.25, -0.2) is 9.78 Å². The molecule has 1 heterocycles. The number of nitrogens with zero attached hydrogens (tertiary/aromatic N) is 1. The number of hydrogen-bond acceptors (Lipinski definition) is 5. The van der Waals surface area contributed by atoms with E-state index in [9.17, 15) is 4.79 Å². The van der Waals surface area contributed by atoms with E-state index in [-0.39, 0.29) is 6.04 Å². The number of nitrogen functional groups attached to an aromatic ring is 1. The van der Waals surface area contributed by atoms with Gasteiger partial charge in [0.1, 0.15) is 11.4 Å². The summed E-state index contributed by atoms with van der Waals surface area (Å²) in [4.78, 5) is 16.1. The largest absolute Gasteiger partial charge is 0.462 e. The van der Waals surface area contributed by atoms with E-state index >= 15 is 0 Å². The molecule has 0 spiro atoms. The van der Waals surface area contributed by atoms with Crippen molar-refractivity contribution in [3.8, 4) is 0 Å². The molecule has 0 aliphatic rings. The molecule has 0 aromatic carbocycles. The maximum Gasteiger partial charge on any atom is 0.341 e. The second-order valence-electron chi connectivity index (χ2n) is 5.18.